The lowest BCUT2D eigenvalue weighted by Crippen LogP contribution is -2.21. The summed E-state index contributed by atoms with van der Waals surface area (Å²) in [5.41, 5.74) is 6.67. The van der Waals surface area contributed by atoms with E-state index in [0.29, 0.717) is 23.0 Å². The van der Waals surface area contributed by atoms with Crippen LogP contribution in [0.25, 0.3) is 0 Å². The van der Waals surface area contributed by atoms with Crippen LogP contribution in [0.15, 0.2) is 0 Å². The van der Waals surface area contributed by atoms with E-state index in [1.807, 2.05) is 0 Å². The summed E-state index contributed by atoms with van der Waals surface area (Å²) >= 11 is 0. The Morgan fingerprint density at radius 1 is 1.45 bits per heavy atom. The Bertz CT molecular complexity index is 184. The molecule has 64 valence electrons. The average Bonchev–Trinajstić information content (AvgIpc) is 2.33. The van der Waals surface area contributed by atoms with Crippen molar-refractivity contribution in [1.82, 2.24) is 0 Å². The van der Waals surface area contributed by atoms with E-state index in [1.54, 1.807) is 0 Å². The van der Waals surface area contributed by atoms with E-state index in [0.717, 1.165) is 13.0 Å². The summed E-state index contributed by atoms with van der Waals surface area (Å²) in [6.45, 7) is 7.56. The third-order valence-corrected chi connectivity index (χ3v) is 4.06. The molecule has 0 bridgehead atoms. The molecule has 1 aliphatic carbocycles. The molecule has 11 heavy (non-hydrogen) atoms. The molecule has 3 atom stereocenters. The Hall–Kier alpha value is -0.0800. The maximum atomic E-state index is 6.05. The van der Waals surface area contributed by atoms with Crippen molar-refractivity contribution in [1.29, 1.82) is 0 Å². The van der Waals surface area contributed by atoms with Crippen LogP contribution in [0.5, 0.6) is 0 Å². The highest BCUT2D eigenvalue weighted by Crippen LogP contribution is 2.68. The van der Waals surface area contributed by atoms with Crippen molar-refractivity contribution in [3.05, 3.63) is 0 Å². The summed E-state index contributed by atoms with van der Waals surface area (Å²) in [7, 11) is 0. The zero-order chi connectivity index (χ0) is 8.28. The van der Waals surface area contributed by atoms with Gasteiger partial charge >= 0.3 is 0 Å². The minimum absolute atomic E-state index is 0.308. The number of ether oxygens (including phenoxy) is 1. The Balaban J connectivity index is 2.26. The van der Waals surface area contributed by atoms with Crippen molar-refractivity contribution in [2.45, 2.75) is 39.3 Å². The molecule has 2 heteroatoms. The lowest BCUT2D eigenvalue weighted by atomic mass is 9.90. The number of hydrogen-bond donors (Lipinski definition) is 1. The molecule has 1 aliphatic heterocycles. The first kappa shape index (κ1) is 7.56. The van der Waals surface area contributed by atoms with Gasteiger partial charge in [0, 0.05) is 18.1 Å². The van der Waals surface area contributed by atoms with Gasteiger partial charge in [0.25, 0.3) is 0 Å². The third-order valence-electron chi connectivity index (χ3n) is 4.06. The van der Waals surface area contributed by atoms with Gasteiger partial charge in [-0.15, -0.1) is 0 Å². The summed E-state index contributed by atoms with van der Waals surface area (Å²) < 4.78 is 5.56. The van der Waals surface area contributed by atoms with Gasteiger partial charge in [0.05, 0.1) is 6.10 Å². The molecule has 2 nitrogen and oxygen atoms in total. The van der Waals surface area contributed by atoms with Gasteiger partial charge < -0.3 is 10.5 Å². The van der Waals surface area contributed by atoms with Crippen molar-refractivity contribution in [2.24, 2.45) is 16.6 Å². The summed E-state index contributed by atoms with van der Waals surface area (Å²) in [6, 6.07) is 0.354. The van der Waals surface area contributed by atoms with Crippen LogP contribution < -0.4 is 5.73 Å². The molecule has 2 aliphatic rings. The van der Waals surface area contributed by atoms with Crippen LogP contribution in [0.3, 0.4) is 0 Å². The summed E-state index contributed by atoms with van der Waals surface area (Å²) in [5.74, 6) is 0. The Kier molecular flexibility index (Phi) is 1.24. The number of rotatable bonds is 0. The van der Waals surface area contributed by atoms with Gasteiger partial charge in [0.1, 0.15) is 0 Å². The molecule has 1 spiro atoms. The van der Waals surface area contributed by atoms with Crippen molar-refractivity contribution in [3.63, 3.8) is 0 Å². The number of hydrogen-bond acceptors (Lipinski definition) is 2. The van der Waals surface area contributed by atoms with Crippen molar-refractivity contribution >= 4 is 0 Å². The fourth-order valence-electron chi connectivity index (χ4n) is 2.94. The second kappa shape index (κ2) is 1.80. The van der Waals surface area contributed by atoms with Gasteiger partial charge in [-0.2, -0.15) is 0 Å². The fourth-order valence-corrected chi connectivity index (χ4v) is 2.94. The second-order valence-corrected chi connectivity index (χ2v) is 4.50. The highest BCUT2D eigenvalue weighted by molar-refractivity contribution is 5.24. The van der Waals surface area contributed by atoms with E-state index in [4.69, 9.17) is 10.5 Å². The summed E-state index contributed by atoms with van der Waals surface area (Å²) in [5, 5.41) is 0. The molecule has 0 aromatic heterocycles. The van der Waals surface area contributed by atoms with Gasteiger partial charge in [-0.25, -0.2) is 0 Å². The highest BCUT2D eigenvalue weighted by Gasteiger charge is 2.73. The molecule has 1 heterocycles. The fraction of sp³-hybridized carbons (Fsp3) is 1.00. The molecule has 2 rings (SSSR count). The minimum atomic E-state index is 0.308. The first-order chi connectivity index (χ1) is 5.03. The van der Waals surface area contributed by atoms with Crippen molar-refractivity contribution in [3.8, 4) is 0 Å². The third kappa shape index (κ3) is 0.611. The van der Waals surface area contributed by atoms with Gasteiger partial charge in [-0.1, -0.05) is 13.8 Å². The van der Waals surface area contributed by atoms with Crippen LogP contribution in [0.2, 0.25) is 0 Å². The predicted molar refractivity (Wildman–Crippen MR) is 44.2 cm³/mol. The molecule has 2 N–H and O–H groups in total. The molecule has 1 saturated heterocycles. The predicted octanol–water partition coefficient (Wildman–Crippen LogP) is 1.15. The van der Waals surface area contributed by atoms with Gasteiger partial charge in [0.15, 0.2) is 0 Å². The van der Waals surface area contributed by atoms with E-state index in [2.05, 4.69) is 20.8 Å². The zero-order valence-corrected chi connectivity index (χ0v) is 7.55. The molecule has 1 saturated carbocycles. The standard InChI is InChI=1S/C9H17NO/c1-6-9(4-5-11-6)7(10)8(9,2)3/h6-7H,4-5,10H2,1-3H3. The Morgan fingerprint density at radius 2 is 2.00 bits per heavy atom. The van der Waals surface area contributed by atoms with E-state index >= 15 is 0 Å². The Labute approximate surface area is 68.1 Å². The Morgan fingerprint density at radius 3 is 2.18 bits per heavy atom. The van der Waals surface area contributed by atoms with E-state index in [1.165, 1.54) is 0 Å². The van der Waals surface area contributed by atoms with Crippen molar-refractivity contribution in [2.75, 3.05) is 6.61 Å². The topological polar surface area (TPSA) is 35.2 Å². The van der Waals surface area contributed by atoms with Gasteiger partial charge in [0.2, 0.25) is 0 Å². The minimum Gasteiger partial charge on any atom is -0.378 e. The summed E-state index contributed by atoms with van der Waals surface area (Å²) in [6.07, 6.45) is 1.52. The highest BCUT2D eigenvalue weighted by atomic mass is 16.5. The van der Waals surface area contributed by atoms with Crippen LogP contribution in [-0.4, -0.2) is 18.8 Å². The SMILES string of the molecule is CC1OCCC12C(N)C2(C)C. The molecule has 3 unspecified atom stereocenters. The molecule has 2 fully saturated rings. The van der Waals surface area contributed by atoms with E-state index in [-0.39, 0.29) is 0 Å². The van der Waals surface area contributed by atoms with Gasteiger partial charge in [-0.05, 0) is 18.8 Å². The van der Waals surface area contributed by atoms with Crippen LogP contribution in [-0.2, 0) is 4.74 Å². The van der Waals surface area contributed by atoms with Crippen LogP contribution in [0.1, 0.15) is 27.2 Å². The molecule has 0 radical (unpaired) electrons. The zero-order valence-electron chi connectivity index (χ0n) is 7.55. The monoisotopic (exact) mass is 155 g/mol. The molecular weight excluding hydrogens is 138 g/mol. The smallest absolute Gasteiger partial charge is 0.0624 e. The van der Waals surface area contributed by atoms with Gasteiger partial charge in [-0.3, -0.25) is 0 Å². The van der Waals surface area contributed by atoms with Crippen molar-refractivity contribution < 1.29 is 4.74 Å². The molecule has 0 aromatic rings. The quantitative estimate of drug-likeness (QED) is 0.569. The van der Waals surface area contributed by atoms with Crippen LogP contribution in [0.4, 0.5) is 0 Å². The molecular formula is C9H17NO. The number of nitrogens with two attached hydrogens (primary N) is 1. The van der Waals surface area contributed by atoms with Crippen LogP contribution in [0, 0.1) is 10.8 Å². The maximum Gasteiger partial charge on any atom is 0.0624 e. The molecule has 0 aromatic carbocycles. The lowest BCUT2D eigenvalue weighted by Gasteiger charge is -2.16. The van der Waals surface area contributed by atoms with E-state index < -0.39 is 0 Å². The first-order valence-electron chi connectivity index (χ1n) is 4.40. The lowest BCUT2D eigenvalue weighted by molar-refractivity contribution is 0.0887. The summed E-state index contributed by atoms with van der Waals surface area (Å²) in [4.78, 5) is 0. The first-order valence-corrected chi connectivity index (χ1v) is 4.40. The van der Waals surface area contributed by atoms with Crippen LogP contribution >= 0.6 is 0 Å². The normalized spacial score (nSPS) is 53.5. The largest absolute Gasteiger partial charge is 0.378 e. The molecule has 0 amide bonds. The second-order valence-electron chi connectivity index (χ2n) is 4.50. The maximum absolute atomic E-state index is 6.05. The van der Waals surface area contributed by atoms with E-state index in [9.17, 15) is 0 Å². The average molecular weight is 155 g/mol.